The molecule has 6 nitrogen and oxygen atoms in total. The first kappa shape index (κ1) is 25.4. The number of pyridine rings is 1. The van der Waals surface area contributed by atoms with Gasteiger partial charge in [-0.2, -0.15) is 17.6 Å². The van der Waals surface area contributed by atoms with Gasteiger partial charge < -0.3 is 9.72 Å². The van der Waals surface area contributed by atoms with E-state index in [2.05, 4.69) is 15.0 Å². The Hall–Kier alpha value is -4.21. The average molecular weight is 525 g/mol. The molecule has 1 amide bonds. The predicted octanol–water partition coefficient (Wildman–Crippen LogP) is 7.16. The Morgan fingerprint density at radius 1 is 1.03 bits per heavy atom. The van der Waals surface area contributed by atoms with Gasteiger partial charge in [-0.3, -0.25) is 4.90 Å². The number of ether oxygens (including phenoxy) is 1. The van der Waals surface area contributed by atoms with Gasteiger partial charge in [-0.15, -0.1) is 0 Å². The maximum absolute atomic E-state index is 14.0. The van der Waals surface area contributed by atoms with Crippen LogP contribution >= 0.6 is 0 Å². The monoisotopic (exact) mass is 524 g/mol. The maximum atomic E-state index is 14.0. The van der Waals surface area contributed by atoms with E-state index in [0.29, 0.717) is 30.0 Å². The molecule has 3 heterocycles. The summed E-state index contributed by atoms with van der Waals surface area (Å²) in [6, 6.07) is 16.3. The molecular weight excluding hydrogens is 500 g/mol. The molecule has 1 N–H and O–H groups in total. The quantitative estimate of drug-likeness (QED) is 0.222. The highest BCUT2D eigenvalue weighted by molar-refractivity contribution is 5.79. The van der Waals surface area contributed by atoms with Crippen LogP contribution < -0.4 is 0 Å². The second-order valence-electron chi connectivity index (χ2n) is 9.04. The number of nitrogens with zero attached hydrogens (tertiary/aromatic N) is 3. The summed E-state index contributed by atoms with van der Waals surface area (Å²) in [4.78, 5) is 26.1. The Kier molecular flexibility index (Phi) is 7.13. The number of nitrogens with one attached hydrogen (secondary N) is 1. The molecule has 5 rings (SSSR count). The Labute approximate surface area is 216 Å². The van der Waals surface area contributed by atoms with Gasteiger partial charge in [-0.1, -0.05) is 42.5 Å². The summed E-state index contributed by atoms with van der Waals surface area (Å²) in [6.07, 6.45) is -1.59. The third kappa shape index (κ3) is 5.53. The number of hydrogen-bond donors (Lipinski definition) is 1. The van der Waals surface area contributed by atoms with Gasteiger partial charge in [0, 0.05) is 29.9 Å². The molecule has 1 aliphatic heterocycles. The molecule has 0 radical (unpaired) electrons. The second kappa shape index (κ2) is 10.6. The van der Waals surface area contributed by atoms with Crippen molar-refractivity contribution in [2.24, 2.45) is 0 Å². The highest BCUT2D eigenvalue weighted by atomic mass is 19.4. The van der Waals surface area contributed by atoms with E-state index in [0.717, 1.165) is 30.5 Å². The fraction of sp³-hybridized carbons (Fsp3) is 0.250. The van der Waals surface area contributed by atoms with Crippen LogP contribution in [-0.2, 0) is 17.5 Å². The molecule has 1 aliphatic rings. The first-order valence-corrected chi connectivity index (χ1v) is 12.2. The summed E-state index contributed by atoms with van der Waals surface area (Å²) < 4.78 is 59.9. The lowest BCUT2D eigenvalue weighted by atomic mass is 10.0. The van der Waals surface area contributed by atoms with E-state index < -0.39 is 29.8 Å². The number of carbonyl (C=O) groups excluding carboxylic acids is 1. The number of aromatic nitrogens is 3. The average Bonchev–Trinajstić information content (AvgIpc) is 3.37. The number of amides is 1. The number of imidazole rings is 1. The molecule has 10 heteroatoms. The number of likely N-dealkylation sites (tertiary alicyclic amines) is 1. The van der Waals surface area contributed by atoms with Gasteiger partial charge in [-0.25, -0.2) is 14.8 Å². The summed E-state index contributed by atoms with van der Waals surface area (Å²) in [5.74, 6) is -0.349. The van der Waals surface area contributed by atoms with E-state index in [1.54, 1.807) is 11.0 Å². The van der Waals surface area contributed by atoms with Gasteiger partial charge in [0.15, 0.2) is 0 Å². The fourth-order valence-corrected chi connectivity index (χ4v) is 4.60. The van der Waals surface area contributed by atoms with Crippen LogP contribution in [0, 0.1) is 5.95 Å². The highest BCUT2D eigenvalue weighted by Gasteiger charge is 2.34. The van der Waals surface area contributed by atoms with Crippen LogP contribution in [0.1, 0.15) is 42.3 Å². The maximum Gasteiger partial charge on any atom is 0.416 e. The zero-order valence-corrected chi connectivity index (χ0v) is 20.2. The van der Waals surface area contributed by atoms with Crippen molar-refractivity contribution >= 4 is 6.09 Å². The molecule has 2 aromatic carbocycles. The lowest BCUT2D eigenvalue weighted by molar-refractivity contribution is -0.137. The summed E-state index contributed by atoms with van der Waals surface area (Å²) in [5.41, 5.74) is 1.17. The van der Waals surface area contributed by atoms with Crippen molar-refractivity contribution in [1.82, 2.24) is 19.9 Å². The third-order valence-corrected chi connectivity index (χ3v) is 6.46. The van der Waals surface area contributed by atoms with Crippen LogP contribution in [0.15, 0.2) is 72.9 Å². The molecule has 1 saturated heterocycles. The Morgan fingerprint density at radius 3 is 2.61 bits per heavy atom. The van der Waals surface area contributed by atoms with Crippen molar-refractivity contribution < 1.29 is 27.1 Å². The number of benzene rings is 2. The molecular formula is C28H24F4N4O2. The van der Waals surface area contributed by atoms with Gasteiger partial charge in [-0.05, 0) is 43.0 Å². The highest BCUT2D eigenvalue weighted by Crippen LogP contribution is 2.38. The third-order valence-electron chi connectivity index (χ3n) is 6.46. The number of aromatic amines is 1. The van der Waals surface area contributed by atoms with Crippen LogP contribution in [-0.4, -0.2) is 32.5 Å². The molecule has 0 saturated carbocycles. The minimum Gasteiger partial charge on any atom is -0.445 e. The van der Waals surface area contributed by atoms with Gasteiger partial charge in [0.25, 0.3) is 0 Å². The van der Waals surface area contributed by atoms with Crippen molar-refractivity contribution in [1.29, 1.82) is 0 Å². The predicted molar refractivity (Wildman–Crippen MR) is 132 cm³/mol. The van der Waals surface area contributed by atoms with Crippen LogP contribution in [0.2, 0.25) is 0 Å². The summed E-state index contributed by atoms with van der Waals surface area (Å²) in [5, 5.41) is 0. The standard InChI is InChI=1S/C28H24F4N4O2/c29-23-16-20(12-13-33-23)25-24(19-9-6-10-21(15-19)28(30,31)32)34-26(35-25)22-11-4-5-14-36(22)27(37)38-17-18-7-2-1-3-8-18/h1-3,6-10,12-13,15-16,22H,4-5,11,14,17H2,(H,34,35). The molecule has 38 heavy (non-hydrogen) atoms. The molecule has 1 fully saturated rings. The van der Waals surface area contributed by atoms with Crippen LogP contribution in [0.25, 0.3) is 22.5 Å². The molecule has 1 unspecified atom stereocenters. The number of H-pyrrole nitrogens is 1. The largest absolute Gasteiger partial charge is 0.445 e. The molecule has 0 spiro atoms. The second-order valence-corrected chi connectivity index (χ2v) is 9.04. The first-order valence-electron chi connectivity index (χ1n) is 12.2. The first-order chi connectivity index (χ1) is 18.3. The van der Waals surface area contributed by atoms with E-state index >= 15 is 0 Å². The molecule has 4 aromatic rings. The minimum absolute atomic E-state index is 0.109. The fourth-order valence-electron chi connectivity index (χ4n) is 4.60. The van der Waals surface area contributed by atoms with Gasteiger partial charge in [0.2, 0.25) is 5.95 Å². The van der Waals surface area contributed by atoms with Crippen molar-refractivity contribution in [2.75, 3.05) is 6.54 Å². The van der Waals surface area contributed by atoms with Crippen molar-refractivity contribution in [3.63, 3.8) is 0 Å². The number of carbonyl (C=O) groups is 1. The number of halogens is 4. The zero-order chi connectivity index (χ0) is 26.7. The SMILES string of the molecule is O=C(OCc1ccccc1)N1CCCCC1c1nc(-c2cccc(C(F)(F)F)c2)c(-c2ccnc(F)c2)[nH]1. The van der Waals surface area contributed by atoms with Crippen molar-refractivity contribution in [2.45, 2.75) is 38.1 Å². The van der Waals surface area contributed by atoms with E-state index in [4.69, 9.17) is 4.74 Å². The molecule has 0 bridgehead atoms. The number of rotatable bonds is 5. The zero-order valence-electron chi connectivity index (χ0n) is 20.2. The van der Waals surface area contributed by atoms with Crippen LogP contribution in [0.4, 0.5) is 22.4 Å². The minimum atomic E-state index is -4.54. The van der Waals surface area contributed by atoms with Crippen LogP contribution in [0.3, 0.4) is 0 Å². The molecule has 2 aromatic heterocycles. The van der Waals surface area contributed by atoms with E-state index in [1.807, 2.05) is 30.3 Å². The normalized spacial score (nSPS) is 15.9. The van der Waals surface area contributed by atoms with Gasteiger partial charge >= 0.3 is 12.3 Å². The Morgan fingerprint density at radius 2 is 1.84 bits per heavy atom. The topological polar surface area (TPSA) is 71.1 Å². The number of hydrogen-bond acceptors (Lipinski definition) is 4. The van der Waals surface area contributed by atoms with Gasteiger partial charge in [0.05, 0.1) is 23.0 Å². The molecule has 196 valence electrons. The lowest BCUT2D eigenvalue weighted by Gasteiger charge is -2.33. The van der Waals surface area contributed by atoms with Crippen LogP contribution in [0.5, 0.6) is 0 Å². The van der Waals surface area contributed by atoms with E-state index in [-0.39, 0.29) is 17.9 Å². The summed E-state index contributed by atoms with van der Waals surface area (Å²) in [7, 11) is 0. The van der Waals surface area contributed by atoms with Crippen molar-refractivity contribution in [3.8, 4) is 22.5 Å². The van der Waals surface area contributed by atoms with Crippen molar-refractivity contribution in [3.05, 3.63) is 95.8 Å². The van der Waals surface area contributed by atoms with E-state index in [1.165, 1.54) is 24.4 Å². The summed E-state index contributed by atoms with van der Waals surface area (Å²) >= 11 is 0. The Balaban J connectivity index is 1.51. The Bertz CT molecular complexity index is 1420. The van der Waals surface area contributed by atoms with Gasteiger partial charge in [0.1, 0.15) is 12.4 Å². The lowest BCUT2D eigenvalue weighted by Crippen LogP contribution is -2.39. The number of piperidine rings is 1. The smallest absolute Gasteiger partial charge is 0.416 e. The molecule has 0 aliphatic carbocycles. The molecule has 1 atom stereocenters. The van der Waals surface area contributed by atoms with E-state index in [9.17, 15) is 22.4 Å². The number of alkyl halides is 3. The summed E-state index contributed by atoms with van der Waals surface area (Å²) in [6.45, 7) is 0.551.